The number of carboxylic acid groups (broad SMARTS) is 1. The summed E-state index contributed by atoms with van der Waals surface area (Å²) in [7, 11) is -3.18. The van der Waals surface area contributed by atoms with Gasteiger partial charge in [0.2, 0.25) is 10.0 Å². The van der Waals surface area contributed by atoms with Gasteiger partial charge in [-0.15, -0.1) is 0 Å². The van der Waals surface area contributed by atoms with E-state index in [9.17, 15) is 13.2 Å². The number of carbonyl (C=O) groups is 1. The largest absolute Gasteiger partial charge is 0.481 e. The molecule has 5 nitrogen and oxygen atoms in total. The Bertz CT molecular complexity index is 568. The van der Waals surface area contributed by atoms with Crippen LogP contribution in [-0.2, 0) is 27.8 Å². The minimum atomic E-state index is -3.18. The van der Waals surface area contributed by atoms with Crippen molar-refractivity contribution in [1.82, 2.24) is 4.31 Å². The number of aliphatic carboxylic acids is 1. The molecule has 2 rings (SSSR count). The van der Waals surface area contributed by atoms with Crippen molar-refractivity contribution in [2.75, 3.05) is 12.3 Å². The molecule has 1 heterocycles. The van der Waals surface area contributed by atoms with Gasteiger partial charge in [0.05, 0.1) is 12.2 Å². The molecule has 0 radical (unpaired) electrons. The second-order valence-electron chi connectivity index (χ2n) is 4.70. The lowest BCUT2D eigenvalue weighted by Gasteiger charge is -2.26. The summed E-state index contributed by atoms with van der Waals surface area (Å²) in [6, 6.07) is 7.10. The molecule has 0 bridgehead atoms. The van der Waals surface area contributed by atoms with E-state index in [4.69, 9.17) is 5.11 Å². The first-order valence-corrected chi connectivity index (χ1v) is 7.86. The molecule has 0 spiro atoms. The van der Waals surface area contributed by atoms with Crippen LogP contribution in [0.1, 0.15) is 24.0 Å². The lowest BCUT2D eigenvalue weighted by molar-refractivity contribution is -0.136. The zero-order valence-electron chi connectivity index (χ0n) is 10.6. The van der Waals surface area contributed by atoms with Gasteiger partial charge in [-0.05, 0) is 24.0 Å². The number of rotatable bonds is 4. The van der Waals surface area contributed by atoms with E-state index in [-0.39, 0.29) is 18.7 Å². The van der Waals surface area contributed by atoms with Gasteiger partial charge in [-0.3, -0.25) is 4.79 Å². The standard InChI is InChI=1S/C13H17NO4S/c15-13(16)9-11-5-1-2-6-12(11)10-14-7-3-4-8-19(14,17)18/h1-2,5-6H,3-4,7-10H2,(H,15,16). The van der Waals surface area contributed by atoms with Crippen LogP contribution in [0.15, 0.2) is 24.3 Å². The zero-order valence-corrected chi connectivity index (χ0v) is 11.4. The fourth-order valence-corrected chi connectivity index (χ4v) is 3.83. The predicted octanol–water partition coefficient (Wildman–Crippen LogP) is 1.24. The van der Waals surface area contributed by atoms with Crippen LogP contribution >= 0.6 is 0 Å². The molecule has 1 aliphatic rings. The first-order chi connectivity index (χ1) is 8.99. The van der Waals surface area contributed by atoms with Crippen LogP contribution in [0.3, 0.4) is 0 Å². The van der Waals surface area contributed by atoms with Crippen LogP contribution < -0.4 is 0 Å². The van der Waals surface area contributed by atoms with Crippen molar-refractivity contribution >= 4 is 16.0 Å². The normalized spacial score (nSPS) is 19.2. The van der Waals surface area contributed by atoms with Gasteiger partial charge in [-0.1, -0.05) is 24.3 Å². The van der Waals surface area contributed by atoms with Crippen LogP contribution in [0.5, 0.6) is 0 Å². The van der Waals surface area contributed by atoms with E-state index in [1.165, 1.54) is 4.31 Å². The smallest absolute Gasteiger partial charge is 0.307 e. The lowest BCUT2D eigenvalue weighted by Crippen LogP contribution is -2.37. The quantitative estimate of drug-likeness (QED) is 0.902. The van der Waals surface area contributed by atoms with Crippen LogP contribution in [-0.4, -0.2) is 36.1 Å². The van der Waals surface area contributed by atoms with Gasteiger partial charge < -0.3 is 5.11 Å². The van der Waals surface area contributed by atoms with Crippen molar-refractivity contribution in [3.63, 3.8) is 0 Å². The Labute approximate surface area is 112 Å². The fourth-order valence-electron chi connectivity index (χ4n) is 2.26. The van der Waals surface area contributed by atoms with E-state index in [2.05, 4.69) is 0 Å². The summed E-state index contributed by atoms with van der Waals surface area (Å²) >= 11 is 0. The molecule has 0 aliphatic carbocycles. The molecule has 0 aromatic heterocycles. The Morgan fingerprint density at radius 3 is 2.53 bits per heavy atom. The highest BCUT2D eigenvalue weighted by molar-refractivity contribution is 7.89. The van der Waals surface area contributed by atoms with Gasteiger partial charge in [0.15, 0.2) is 0 Å². The fraction of sp³-hybridized carbons (Fsp3) is 0.462. The Morgan fingerprint density at radius 1 is 1.21 bits per heavy atom. The Hall–Kier alpha value is -1.40. The number of hydrogen-bond donors (Lipinski definition) is 1. The first-order valence-electron chi connectivity index (χ1n) is 6.25. The zero-order chi connectivity index (χ0) is 13.9. The third-order valence-electron chi connectivity index (χ3n) is 3.26. The first kappa shape index (κ1) is 14.0. The minimum Gasteiger partial charge on any atom is -0.481 e. The number of sulfonamides is 1. The summed E-state index contributed by atoms with van der Waals surface area (Å²) in [6.07, 6.45) is 1.49. The predicted molar refractivity (Wildman–Crippen MR) is 71.2 cm³/mol. The minimum absolute atomic E-state index is 0.0793. The summed E-state index contributed by atoms with van der Waals surface area (Å²) in [6.45, 7) is 0.787. The molecule has 19 heavy (non-hydrogen) atoms. The third-order valence-corrected chi connectivity index (χ3v) is 5.16. The number of carboxylic acids is 1. The molecule has 1 saturated heterocycles. The maximum absolute atomic E-state index is 11.9. The van der Waals surface area contributed by atoms with Gasteiger partial charge in [-0.2, -0.15) is 4.31 Å². The van der Waals surface area contributed by atoms with E-state index < -0.39 is 16.0 Å². The van der Waals surface area contributed by atoms with Crippen LogP contribution in [0.25, 0.3) is 0 Å². The molecule has 1 N–H and O–H groups in total. The van der Waals surface area contributed by atoms with Crippen LogP contribution in [0, 0.1) is 0 Å². The van der Waals surface area contributed by atoms with E-state index >= 15 is 0 Å². The SMILES string of the molecule is O=C(O)Cc1ccccc1CN1CCCCS1(=O)=O. The molecule has 0 atom stereocenters. The molecule has 1 aromatic carbocycles. The van der Waals surface area contributed by atoms with Crippen molar-refractivity contribution in [2.24, 2.45) is 0 Å². The number of hydrogen-bond acceptors (Lipinski definition) is 3. The molecular formula is C13H17NO4S. The maximum atomic E-state index is 11.9. The average Bonchev–Trinajstić information content (AvgIpc) is 2.33. The Balaban J connectivity index is 2.21. The van der Waals surface area contributed by atoms with Crippen molar-refractivity contribution in [1.29, 1.82) is 0 Å². The molecule has 1 aliphatic heterocycles. The molecule has 0 unspecified atom stereocenters. The van der Waals surface area contributed by atoms with Gasteiger partial charge in [0.25, 0.3) is 0 Å². The monoisotopic (exact) mass is 283 g/mol. The summed E-state index contributed by atoms with van der Waals surface area (Å²) in [4.78, 5) is 10.8. The Morgan fingerprint density at radius 2 is 1.89 bits per heavy atom. The molecule has 0 amide bonds. The highest BCUT2D eigenvalue weighted by Gasteiger charge is 2.26. The molecule has 1 aromatic rings. The van der Waals surface area contributed by atoms with Crippen molar-refractivity contribution in [2.45, 2.75) is 25.8 Å². The van der Waals surface area contributed by atoms with E-state index in [1.807, 2.05) is 0 Å². The highest BCUT2D eigenvalue weighted by atomic mass is 32.2. The van der Waals surface area contributed by atoms with Gasteiger partial charge in [-0.25, -0.2) is 8.42 Å². The van der Waals surface area contributed by atoms with Gasteiger partial charge >= 0.3 is 5.97 Å². The molecule has 0 saturated carbocycles. The number of benzene rings is 1. The van der Waals surface area contributed by atoms with Crippen molar-refractivity contribution in [3.8, 4) is 0 Å². The van der Waals surface area contributed by atoms with Crippen LogP contribution in [0.4, 0.5) is 0 Å². The topological polar surface area (TPSA) is 74.7 Å². The summed E-state index contributed by atoms with van der Waals surface area (Å²) in [5.41, 5.74) is 1.45. The Kier molecular flexibility index (Phi) is 4.21. The van der Waals surface area contributed by atoms with E-state index in [0.717, 1.165) is 12.0 Å². The second kappa shape index (κ2) is 5.71. The van der Waals surface area contributed by atoms with E-state index in [1.54, 1.807) is 24.3 Å². The third kappa shape index (κ3) is 3.54. The van der Waals surface area contributed by atoms with Crippen molar-refractivity contribution < 1.29 is 18.3 Å². The summed E-state index contributed by atoms with van der Waals surface area (Å²) < 4.78 is 25.3. The van der Waals surface area contributed by atoms with Crippen molar-refractivity contribution in [3.05, 3.63) is 35.4 Å². The maximum Gasteiger partial charge on any atom is 0.307 e. The molecule has 104 valence electrons. The second-order valence-corrected chi connectivity index (χ2v) is 6.78. The average molecular weight is 283 g/mol. The van der Waals surface area contributed by atoms with Crippen LogP contribution in [0.2, 0.25) is 0 Å². The molecule has 6 heteroatoms. The number of nitrogens with zero attached hydrogens (tertiary/aromatic N) is 1. The molecular weight excluding hydrogens is 266 g/mol. The molecule has 1 fully saturated rings. The van der Waals surface area contributed by atoms with Gasteiger partial charge in [0.1, 0.15) is 0 Å². The van der Waals surface area contributed by atoms with Gasteiger partial charge in [0, 0.05) is 13.1 Å². The van der Waals surface area contributed by atoms with E-state index in [0.29, 0.717) is 18.5 Å². The highest BCUT2D eigenvalue weighted by Crippen LogP contribution is 2.19. The lowest BCUT2D eigenvalue weighted by atomic mass is 10.0. The summed E-state index contributed by atoms with van der Waals surface area (Å²) in [5.74, 6) is -0.720. The summed E-state index contributed by atoms with van der Waals surface area (Å²) in [5, 5.41) is 8.87.